The van der Waals surface area contributed by atoms with Crippen molar-refractivity contribution in [3.05, 3.63) is 53.6 Å². The SMILES string of the molecule is Cn1ccnc1C(=O)N1CCOC(COCc2cccc(C(F)(F)F)c2)C1. The van der Waals surface area contributed by atoms with E-state index in [4.69, 9.17) is 9.47 Å². The third-order valence-corrected chi connectivity index (χ3v) is 4.27. The number of carbonyl (C=O) groups excluding carboxylic acids is 1. The normalized spacial score (nSPS) is 17.9. The van der Waals surface area contributed by atoms with E-state index in [-0.39, 0.29) is 25.2 Å². The fourth-order valence-electron chi connectivity index (χ4n) is 2.86. The van der Waals surface area contributed by atoms with Crippen LogP contribution in [0.15, 0.2) is 36.7 Å². The first-order valence-electron chi connectivity index (χ1n) is 8.46. The van der Waals surface area contributed by atoms with Crippen molar-refractivity contribution in [1.82, 2.24) is 14.5 Å². The Morgan fingerprint density at radius 2 is 2.22 bits per heavy atom. The first kappa shape index (κ1) is 19.4. The number of aryl methyl sites for hydroxylation is 1. The van der Waals surface area contributed by atoms with E-state index in [0.717, 1.165) is 12.1 Å². The third kappa shape index (κ3) is 4.86. The van der Waals surface area contributed by atoms with Gasteiger partial charge in [-0.05, 0) is 17.7 Å². The summed E-state index contributed by atoms with van der Waals surface area (Å²) in [7, 11) is 1.75. The highest BCUT2D eigenvalue weighted by Gasteiger charge is 2.30. The molecule has 1 unspecified atom stereocenters. The number of hydrogen-bond donors (Lipinski definition) is 0. The van der Waals surface area contributed by atoms with Crippen LogP contribution in [0.25, 0.3) is 0 Å². The highest BCUT2D eigenvalue weighted by molar-refractivity contribution is 5.90. The van der Waals surface area contributed by atoms with Gasteiger partial charge in [0.2, 0.25) is 0 Å². The van der Waals surface area contributed by atoms with Crippen molar-refractivity contribution in [2.45, 2.75) is 18.9 Å². The van der Waals surface area contributed by atoms with Gasteiger partial charge in [-0.3, -0.25) is 4.79 Å². The highest BCUT2D eigenvalue weighted by atomic mass is 19.4. The summed E-state index contributed by atoms with van der Waals surface area (Å²) >= 11 is 0. The maximum atomic E-state index is 12.7. The van der Waals surface area contributed by atoms with Crippen LogP contribution in [0.5, 0.6) is 0 Å². The van der Waals surface area contributed by atoms with Crippen LogP contribution in [-0.2, 0) is 29.3 Å². The number of alkyl halides is 3. The van der Waals surface area contributed by atoms with Crippen LogP contribution >= 0.6 is 0 Å². The van der Waals surface area contributed by atoms with Crippen LogP contribution in [0, 0.1) is 0 Å². The van der Waals surface area contributed by atoms with Crippen LogP contribution in [-0.4, -0.2) is 52.8 Å². The first-order chi connectivity index (χ1) is 12.8. The van der Waals surface area contributed by atoms with Gasteiger partial charge in [-0.2, -0.15) is 13.2 Å². The van der Waals surface area contributed by atoms with Gasteiger partial charge in [-0.25, -0.2) is 4.98 Å². The van der Waals surface area contributed by atoms with Crippen molar-refractivity contribution in [3.8, 4) is 0 Å². The number of carbonyl (C=O) groups is 1. The summed E-state index contributed by atoms with van der Waals surface area (Å²) in [4.78, 5) is 18.2. The lowest BCUT2D eigenvalue weighted by Crippen LogP contribution is -2.47. The number of rotatable bonds is 5. The molecule has 0 saturated carbocycles. The van der Waals surface area contributed by atoms with Crippen LogP contribution in [0.1, 0.15) is 21.7 Å². The van der Waals surface area contributed by atoms with E-state index >= 15 is 0 Å². The van der Waals surface area contributed by atoms with E-state index < -0.39 is 11.7 Å². The molecular formula is C18H20F3N3O3. The molecule has 1 saturated heterocycles. The van der Waals surface area contributed by atoms with Crippen molar-refractivity contribution < 1.29 is 27.4 Å². The molecule has 9 heteroatoms. The van der Waals surface area contributed by atoms with Gasteiger partial charge < -0.3 is 18.9 Å². The largest absolute Gasteiger partial charge is 0.416 e. The summed E-state index contributed by atoms with van der Waals surface area (Å²) in [6, 6.07) is 5.02. The molecule has 0 radical (unpaired) electrons. The zero-order valence-corrected chi connectivity index (χ0v) is 14.8. The molecule has 0 bridgehead atoms. The molecule has 146 valence electrons. The second kappa shape index (κ2) is 8.10. The summed E-state index contributed by atoms with van der Waals surface area (Å²) in [5.41, 5.74) is -0.272. The molecule has 3 rings (SSSR count). The van der Waals surface area contributed by atoms with Crippen LogP contribution in [0.2, 0.25) is 0 Å². The van der Waals surface area contributed by atoms with Gasteiger partial charge >= 0.3 is 6.18 Å². The maximum Gasteiger partial charge on any atom is 0.416 e. The minimum atomic E-state index is -4.38. The fourth-order valence-corrected chi connectivity index (χ4v) is 2.86. The van der Waals surface area contributed by atoms with Gasteiger partial charge in [0.15, 0.2) is 5.82 Å². The van der Waals surface area contributed by atoms with Gasteiger partial charge in [0.25, 0.3) is 5.91 Å². The topological polar surface area (TPSA) is 56.6 Å². The number of aromatic nitrogens is 2. The summed E-state index contributed by atoms with van der Waals surface area (Å²) in [6.45, 7) is 1.38. The van der Waals surface area contributed by atoms with E-state index in [1.54, 1.807) is 35.0 Å². The fraction of sp³-hybridized carbons (Fsp3) is 0.444. The molecule has 1 atom stereocenters. The van der Waals surface area contributed by atoms with Crippen LogP contribution < -0.4 is 0 Å². The zero-order chi connectivity index (χ0) is 19.4. The van der Waals surface area contributed by atoms with Gasteiger partial charge in [0, 0.05) is 32.5 Å². The Morgan fingerprint density at radius 1 is 1.41 bits per heavy atom. The van der Waals surface area contributed by atoms with Crippen molar-refractivity contribution in [2.24, 2.45) is 7.05 Å². The highest BCUT2D eigenvalue weighted by Crippen LogP contribution is 2.29. The van der Waals surface area contributed by atoms with Gasteiger partial charge in [0.1, 0.15) is 0 Å². The number of amides is 1. The Labute approximate surface area is 154 Å². The van der Waals surface area contributed by atoms with Crippen molar-refractivity contribution in [2.75, 3.05) is 26.3 Å². The van der Waals surface area contributed by atoms with E-state index in [0.29, 0.717) is 31.1 Å². The average molecular weight is 383 g/mol. The predicted octanol–water partition coefficient (Wildman–Crippen LogP) is 2.50. The molecular weight excluding hydrogens is 363 g/mol. The number of morpholine rings is 1. The lowest BCUT2D eigenvalue weighted by molar-refractivity contribution is -0.137. The molecule has 0 N–H and O–H groups in total. The van der Waals surface area contributed by atoms with Crippen molar-refractivity contribution in [3.63, 3.8) is 0 Å². The molecule has 6 nitrogen and oxygen atoms in total. The molecule has 1 aliphatic rings. The lowest BCUT2D eigenvalue weighted by Gasteiger charge is -2.32. The van der Waals surface area contributed by atoms with Gasteiger partial charge in [0.05, 0.1) is 31.5 Å². The Morgan fingerprint density at radius 3 is 2.93 bits per heavy atom. The number of imidazole rings is 1. The van der Waals surface area contributed by atoms with E-state index in [1.807, 2.05) is 0 Å². The molecule has 2 aromatic rings. The molecule has 27 heavy (non-hydrogen) atoms. The second-order valence-electron chi connectivity index (χ2n) is 6.32. The van der Waals surface area contributed by atoms with Crippen LogP contribution in [0.3, 0.4) is 0 Å². The molecule has 1 fully saturated rings. The summed E-state index contributed by atoms with van der Waals surface area (Å²) < 4.78 is 51.0. The van der Waals surface area contributed by atoms with E-state index in [9.17, 15) is 18.0 Å². The summed E-state index contributed by atoms with van der Waals surface area (Å²) in [5, 5.41) is 0. The monoisotopic (exact) mass is 383 g/mol. The quantitative estimate of drug-likeness (QED) is 0.796. The molecule has 2 heterocycles. The molecule has 0 aliphatic carbocycles. The molecule has 1 aromatic carbocycles. The Bertz CT molecular complexity index is 791. The minimum Gasteiger partial charge on any atom is -0.374 e. The van der Waals surface area contributed by atoms with Crippen molar-refractivity contribution in [1.29, 1.82) is 0 Å². The van der Waals surface area contributed by atoms with Gasteiger partial charge in [-0.1, -0.05) is 12.1 Å². The first-order valence-corrected chi connectivity index (χ1v) is 8.46. The molecule has 1 aliphatic heterocycles. The Kier molecular flexibility index (Phi) is 5.81. The predicted molar refractivity (Wildman–Crippen MR) is 90.0 cm³/mol. The van der Waals surface area contributed by atoms with E-state index in [2.05, 4.69) is 4.98 Å². The Balaban J connectivity index is 1.52. The third-order valence-electron chi connectivity index (χ3n) is 4.27. The maximum absolute atomic E-state index is 12.7. The number of benzene rings is 1. The summed E-state index contributed by atoms with van der Waals surface area (Å²) in [6.07, 6.45) is -1.46. The Hall–Kier alpha value is -2.39. The van der Waals surface area contributed by atoms with Crippen molar-refractivity contribution >= 4 is 5.91 Å². The second-order valence-corrected chi connectivity index (χ2v) is 6.32. The number of halogens is 3. The zero-order valence-electron chi connectivity index (χ0n) is 14.8. The number of hydrogen-bond acceptors (Lipinski definition) is 4. The average Bonchev–Trinajstić information content (AvgIpc) is 3.07. The van der Waals surface area contributed by atoms with Gasteiger partial charge in [-0.15, -0.1) is 0 Å². The van der Waals surface area contributed by atoms with E-state index in [1.165, 1.54) is 6.07 Å². The minimum absolute atomic E-state index is 0.0388. The molecule has 1 aromatic heterocycles. The molecule has 0 spiro atoms. The molecule has 1 amide bonds. The standard InChI is InChI=1S/C18H20F3N3O3/c1-23-6-5-22-16(23)17(25)24-7-8-27-15(10-24)12-26-11-13-3-2-4-14(9-13)18(19,20)21/h2-6,9,15H,7-8,10-12H2,1H3. The van der Waals surface area contributed by atoms with Crippen LogP contribution in [0.4, 0.5) is 13.2 Å². The number of nitrogens with zero attached hydrogens (tertiary/aromatic N) is 3. The number of ether oxygens (including phenoxy) is 2. The lowest BCUT2D eigenvalue weighted by atomic mass is 10.1. The summed E-state index contributed by atoms with van der Waals surface area (Å²) in [5.74, 6) is 0.161. The smallest absolute Gasteiger partial charge is 0.374 e.